The molecule has 1 unspecified atom stereocenters. The van der Waals surface area contributed by atoms with Crippen LogP contribution in [0.25, 0.3) is 0 Å². The zero-order chi connectivity index (χ0) is 11.6. The molecule has 0 aromatic heterocycles. The Labute approximate surface area is 106 Å². The van der Waals surface area contributed by atoms with Gasteiger partial charge in [-0.15, -0.1) is 0 Å². The summed E-state index contributed by atoms with van der Waals surface area (Å²) in [6.07, 6.45) is 8.92. The smallest absolute Gasteiger partial charge is 0.0194 e. The van der Waals surface area contributed by atoms with E-state index in [1.54, 1.807) is 0 Å². The Morgan fingerprint density at radius 1 is 1.38 bits per heavy atom. The first kappa shape index (κ1) is 14.3. The van der Waals surface area contributed by atoms with Gasteiger partial charge in [-0.25, -0.2) is 0 Å². The lowest BCUT2D eigenvalue weighted by molar-refractivity contribution is 0.259. The molecule has 1 aliphatic heterocycles. The van der Waals surface area contributed by atoms with E-state index >= 15 is 0 Å². The molecule has 1 fully saturated rings. The summed E-state index contributed by atoms with van der Waals surface area (Å²) >= 11 is 1.97. The summed E-state index contributed by atoms with van der Waals surface area (Å²) < 4.78 is 0. The molecule has 0 aromatic carbocycles. The van der Waals surface area contributed by atoms with Crippen LogP contribution in [0.5, 0.6) is 0 Å². The van der Waals surface area contributed by atoms with Gasteiger partial charge >= 0.3 is 0 Å². The Balaban J connectivity index is 2.17. The predicted molar refractivity (Wildman–Crippen MR) is 75.4 cm³/mol. The summed E-state index contributed by atoms with van der Waals surface area (Å²) in [5, 5.41) is 3.67. The Morgan fingerprint density at radius 2 is 2.25 bits per heavy atom. The molecule has 96 valence electrons. The van der Waals surface area contributed by atoms with Crippen LogP contribution in [0, 0.1) is 0 Å². The van der Waals surface area contributed by atoms with Crippen molar-refractivity contribution in [3.63, 3.8) is 0 Å². The highest BCUT2D eigenvalue weighted by atomic mass is 32.2. The van der Waals surface area contributed by atoms with E-state index < -0.39 is 0 Å². The van der Waals surface area contributed by atoms with Crippen LogP contribution in [-0.4, -0.2) is 49.1 Å². The van der Waals surface area contributed by atoms with Crippen LogP contribution >= 0.6 is 11.8 Å². The highest BCUT2D eigenvalue weighted by Gasteiger charge is 2.15. The van der Waals surface area contributed by atoms with Crippen molar-refractivity contribution in [2.24, 2.45) is 0 Å². The molecular weight excluding hydrogens is 216 g/mol. The average molecular weight is 244 g/mol. The zero-order valence-corrected chi connectivity index (χ0v) is 11.8. The number of nitrogens with one attached hydrogen (secondary N) is 1. The van der Waals surface area contributed by atoms with Gasteiger partial charge in [-0.2, -0.15) is 11.8 Å². The molecular formula is C13H28N2S. The highest BCUT2D eigenvalue weighted by Crippen LogP contribution is 2.08. The maximum absolute atomic E-state index is 3.67. The van der Waals surface area contributed by atoms with E-state index in [1.165, 1.54) is 64.0 Å². The van der Waals surface area contributed by atoms with E-state index in [2.05, 4.69) is 23.4 Å². The first-order valence-electron chi connectivity index (χ1n) is 6.81. The Kier molecular flexibility index (Phi) is 8.34. The van der Waals surface area contributed by atoms with E-state index in [0.29, 0.717) is 0 Å². The predicted octanol–water partition coefficient (Wildman–Crippen LogP) is 2.59. The molecule has 1 saturated heterocycles. The average Bonchev–Trinajstić information content (AvgIpc) is 2.51. The molecule has 0 bridgehead atoms. The molecule has 0 saturated carbocycles. The van der Waals surface area contributed by atoms with Crippen molar-refractivity contribution in [2.45, 2.75) is 45.1 Å². The largest absolute Gasteiger partial charge is 0.313 e. The normalized spacial score (nSPS) is 23.2. The topological polar surface area (TPSA) is 15.3 Å². The summed E-state index contributed by atoms with van der Waals surface area (Å²) in [6, 6.07) is 0.744. The Hall–Kier alpha value is 0.270. The van der Waals surface area contributed by atoms with Gasteiger partial charge in [0, 0.05) is 12.6 Å². The fourth-order valence-electron chi connectivity index (χ4n) is 2.40. The summed E-state index contributed by atoms with van der Waals surface area (Å²) in [4.78, 5) is 2.67. The van der Waals surface area contributed by atoms with Gasteiger partial charge in [-0.05, 0) is 57.3 Å². The van der Waals surface area contributed by atoms with Crippen molar-refractivity contribution in [2.75, 3.05) is 38.2 Å². The monoisotopic (exact) mass is 244 g/mol. The molecule has 16 heavy (non-hydrogen) atoms. The molecule has 0 spiro atoms. The minimum Gasteiger partial charge on any atom is -0.313 e. The minimum atomic E-state index is 0.744. The molecule has 0 radical (unpaired) electrons. The molecule has 0 aromatic rings. The lowest BCUT2D eigenvalue weighted by atomic mass is 10.1. The molecule has 0 amide bonds. The van der Waals surface area contributed by atoms with Crippen LogP contribution in [0.15, 0.2) is 0 Å². The van der Waals surface area contributed by atoms with Gasteiger partial charge in [0.2, 0.25) is 0 Å². The quantitative estimate of drug-likeness (QED) is 0.693. The molecule has 1 heterocycles. The van der Waals surface area contributed by atoms with Crippen molar-refractivity contribution < 1.29 is 0 Å². The summed E-state index contributed by atoms with van der Waals surface area (Å²) in [7, 11) is 0. The minimum absolute atomic E-state index is 0.744. The Bertz CT molecular complexity index is 164. The van der Waals surface area contributed by atoms with Crippen LogP contribution in [0.4, 0.5) is 0 Å². The van der Waals surface area contributed by atoms with Crippen molar-refractivity contribution in [3.8, 4) is 0 Å². The van der Waals surface area contributed by atoms with Gasteiger partial charge in [0.15, 0.2) is 0 Å². The number of thioether (sulfide) groups is 1. The van der Waals surface area contributed by atoms with E-state index in [-0.39, 0.29) is 0 Å². The van der Waals surface area contributed by atoms with Crippen LogP contribution in [0.2, 0.25) is 0 Å². The molecule has 1 atom stereocenters. The third-order valence-electron chi connectivity index (χ3n) is 3.27. The first-order valence-corrected chi connectivity index (χ1v) is 8.21. The van der Waals surface area contributed by atoms with Crippen LogP contribution in [-0.2, 0) is 0 Å². The molecule has 1 N–H and O–H groups in total. The summed E-state index contributed by atoms with van der Waals surface area (Å²) in [5.74, 6) is 1.32. The second-order valence-electron chi connectivity index (χ2n) is 4.79. The highest BCUT2D eigenvalue weighted by molar-refractivity contribution is 7.98. The van der Waals surface area contributed by atoms with E-state index in [1.807, 2.05) is 11.8 Å². The maximum atomic E-state index is 3.67. The molecule has 1 rings (SSSR count). The second kappa shape index (κ2) is 9.32. The molecule has 2 nitrogen and oxygen atoms in total. The number of rotatable bonds is 7. The molecule has 0 aliphatic carbocycles. The molecule has 1 aliphatic rings. The lowest BCUT2D eigenvalue weighted by Crippen LogP contribution is -2.37. The fraction of sp³-hybridized carbons (Fsp3) is 1.00. The SMILES string of the molecule is CCCC1CN(CCCCSC)CCCN1. The number of hydrogen-bond acceptors (Lipinski definition) is 3. The van der Waals surface area contributed by atoms with Crippen molar-refractivity contribution in [3.05, 3.63) is 0 Å². The first-order chi connectivity index (χ1) is 7.86. The van der Waals surface area contributed by atoms with Gasteiger partial charge in [0.05, 0.1) is 0 Å². The van der Waals surface area contributed by atoms with Crippen LogP contribution < -0.4 is 5.32 Å². The summed E-state index contributed by atoms with van der Waals surface area (Å²) in [5.41, 5.74) is 0. The zero-order valence-electron chi connectivity index (χ0n) is 11.0. The van der Waals surface area contributed by atoms with E-state index in [0.717, 1.165) is 6.04 Å². The summed E-state index contributed by atoms with van der Waals surface area (Å²) in [6.45, 7) is 7.38. The number of nitrogens with zero attached hydrogens (tertiary/aromatic N) is 1. The number of unbranched alkanes of at least 4 members (excludes halogenated alkanes) is 1. The number of hydrogen-bond donors (Lipinski definition) is 1. The fourth-order valence-corrected chi connectivity index (χ4v) is 2.90. The molecule has 3 heteroatoms. The lowest BCUT2D eigenvalue weighted by Gasteiger charge is -2.24. The van der Waals surface area contributed by atoms with Crippen LogP contribution in [0.1, 0.15) is 39.0 Å². The standard InChI is InChI=1S/C13H28N2S/c1-3-7-13-12-15(10-6-8-14-13)9-4-5-11-16-2/h13-14H,3-12H2,1-2H3. The third kappa shape index (κ3) is 6.12. The van der Waals surface area contributed by atoms with Gasteiger partial charge in [0.25, 0.3) is 0 Å². The van der Waals surface area contributed by atoms with Gasteiger partial charge in [-0.1, -0.05) is 13.3 Å². The second-order valence-corrected chi connectivity index (χ2v) is 5.78. The van der Waals surface area contributed by atoms with Gasteiger partial charge < -0.3 is 10.2 Å². The van der Waals surface area contributed by atoms with Crippen molar-refractivity contribution in [1.29, 1.82) is 0 Å². The van der Waals surface area contributed by atoms with Gasteiger partial charge in [-0.3, -0.25) is 0 Å². The van der Waals surface area contributed by atoms with Crippen LogP contribution in [0.3, 0.4) is 0 Å². The van der Waals surface area contributed by atoms with E-state index in [9.17, 15) is 0 Å². The maximum Gasteiger partial charge on any atom is 0.0194 e. The van der Waals surface area contributed by atoms with E-state index in [4.69, 9.17) is 0 Å². The van der Waals surface area contributed by atoms with Gasteiger partial charge in [0.1, 0.15) is 0 Å². The Morgan fingerprint density at radius 3 is 3.00 bits per heavy atom. The van der Waals surface area contributed by atoms with Crippen molar-refractivity contribution in [1.82, 2.24) is 10.2 Å². The van der Waals surface area contributed by atoms with Crippen molar-refractivity contribution >= 4 is 11.8 Å². The third-order valence-corrected chi connectivity index (χ3v) is 3.97.